The summed E-state index contributed by atoms with van der Waals surface area (Å²) < 4.78 is 5.69. The molecule has 5 aliphatic carbocycles. The van der Waals surface area contributed by atoms with Gasteiger partial charge in [0.1, 0.15) is 24.4 Å². The van der Waals surface area contributed by atoms with Crippen molar-refractivity contribution in [3.05, 3.63) is 11.6 Å². The molecule has 6 rings (SSSR count). The zero-order valence-electron chi connectivity index (χ0n) is 28.4. The van der Waals surface area contributed by atoms with Gasteiger partial charge < -0.3 is 40.7 Å². The van der Waals surface area contributed by atoms with Crippen LogP contribution in [0.2, 0.25) is 0 Å². The van der Waals surface area contributed by atoms with Crippen LogP contribution in [0, 0.1) is 50.2 Å². The Bertz CT molecular complexity index is 1220. The summed E-state index contributed by atoms with van der Waals surface area (Å²) in [5, 5.41) is 67.4. The minimum absolute atomic E-state index is 0.0404. The number of hydrogen-bond acceptors (Lipinski definition) is 8. The number of amides is 1. The van der Waals surface area contributed by atoms with E-state index in [9.17, 15) is 35.4 Å². The molecule has 0 unspecified atom stereocenters. The first-order valence-corrected chi connectivity index (χ1v) is 17.5. The lowest BCUT2D eigenvalue weighted by atomic mass is 9.33. The number of fused-ring (bicyclic) bond motifs is 7. The van der Waals surface area contributed by atoms with Crippen molar-refractivity contribution in [3.8, 4) is 0 Å². The lowest BCUT2D eigenvalue weighted by Gasteiger charge is -2.71. The van der Waals surface area contributed by atoms with Crippen LogP contribution in [0.15, 0.2) is 11.6 Å². The third kappa shape index (κ3) is 4.54. The standard InChI is InChI=1S/C36H59NO8/c1-31(2)14-15-36(30(44)37-29-28(43)27(42)26(41)21(18-38)45-29)20(16-31)19-8-9-23-33(5)12-11-24(39)32(3,4)22(33)10-13-34(23,6)35(19,7)17-25(36)40/h8,20-29,38-43H,9-18H2,1-7H3,(H,37,44)/t20-,21+,22-,23+,24-,25+,26+,27-,28-,29+,33-,34+,35+,36+/m0/s1. The number of ether oxygens (including phenoxy) is 1. The topological polar surface area (TPSA) is 160 Å². The molecule has 1 heterocycles. The van der Waals surface area contributed by atoms with Gasteiger partial charge in [-0.25, -0.2) is 0 Å². The Labute approximate surface area is 268 Å². The largest absolute Gasteiger partial charge is 0.394 e. The van der Waals surface area contributed by atoms with Gasteiger partial charge in [0.15, 0.2) is 6.23 Å². The average Bonchev–Trinajstić information content (AvgIpc) is 2.95. The SMILES string of the molecule is CC1(C)CC[C@]2(C(=O)N[C@@H]3O[C@H](CO)[C@@H](O)[C@H](O)[C@@H]3O)[C@H](O)C[C@]3(C)C(=CC[C@@H]4[C@@]5(C)CC[C@H](O)C(C)(C)[C@@H]5CC[C@]43C)[C@@H]2C1. The number of allylic oxidation sites excluding steroid dienone is 2. The van der Waals surface area contributed by atoms with Gasteiger partial charge in [0.05, 0.1) is 24.2 Å². The van der Waals surface area contributed by atoms with Gasteiger partial charge in [-0.1, -0.05) is 60.1 Å². The predicted octanol–water partition coefficient (Wildman–Crippen LogP) is 3.04. The molecule has 1 aliphatic heterocycles. The first kappa shape index (κ1) is 33.8. The van der Waals surface area contributed by atoms with Gasteiger partial charge in [0.25, 0.3) is 0 Å². The fourth-order valence-corrected chi connectivity index (χ4v) is 12.2. The average molecular weight is 634 g/mol. The Balaban J connectivity index is 1.38. The van der Waals surface area contributed by atoms with E-state index >= 15 is 0 Å². The maximum Gasteiger partial charge on any atom is 0.231 e. The molecule has 0 spiro atoms. The smallest absolute Gasteiger partial charge is 0.231 e. The molecule has 9 nitrogen and oxygen atoms in total. The van der Waals surface area contributed by atoms with Gasteiger partial charge in [-0.2, -0.15) is 0 Å². The molecule has 6 aliphatic rings. The molecule has 1 saturated heterocycles. The molecular weight excluding hydrogens is 574 g/mol. The molecule has 0 aromatic carbocycles. The second-order valence-corrected chi connectivity index (χ2v) is 18.1. The van der Waals surface area contributed by atoms with Crippen molar-refractivity contribution in [2.24, 2.45) is 50.2 Å². The van der Waals surface area contributed by atoms with Crippen LogP contribution in [0.3, 0.4) is 0 Å². The van der Waals surface area contributed by atoms with E-state index in [1.807, 2.05) is 0 Å². The van der Waals surface area contributed by atoms with Crippen molar-refractivity contribution in [2.45, 2.75) is 149 Å². The molecule has 9 heteroatoms. The van der Waals surface area contributed by atoms with Crippen LogP contribution in [0.5, 0.6) is 0 Å². The molecule has 0 aromatic rings. The van der Waals surface area contributed by atoms with E-state index in [0.717, 1.165) is 44.9 Å². The normalized spacial score (nSPS) is 53.6. The summed E-state index contributed by atoms with van der Waals surface area (Å²) >= 11 is 0. The number of carbonyl (C=O) groups excluding carboxylic acids is 1. The molecule has 14 atom stereocenters. The van der Waals surface area contributed by atoms with Gasteiger partial charge in [-0.3, -0.25) is 4.79 Å². The number of aliphatic hydroxyl groups excluding tert-OH is 6. The summed E-state index contributed by atoms with van der Waals surface area (Å²) in [5.41, 5.74) is -0.413. The lowest BCUT2D eigenvalue weighted by molar-refractivity contribution is -0.240. The highest BCUT2D eigenvalue weighted by Crippen LogP contribution is 2.75. The molecule has 5 fully saturated rings. The highest BCUT2D eigenvalue weighted by molar-refractivity contribution is 5.85. The monoisotopic (exact) mass is 633 g/mol. The van der Waals surface area contributed by atoms with Gasteiger partial charge in [0.2, 0.25) is 5.91 Å². The summed E-state index contributed by atoms with van der Waals surface area (Å²) in [6, 6.07) is 0. The Morgan fingerprint density at radius 1 is 0.844 bits per heavy atom. The van der Waals surface area contributed by atoms with Gasteiger partial charge in [-0.05, 0) is 103 Å². The van der Waals surface area contributed by atoms with Crippen molar-refractivity contribution < 1.29 is 40.2 Å². The zero-order valence-corrected chi connectivity index (χ0v) is 28.4. The van der Waals surface area contributed by atoms with Crippen LogP contribution in [-0.2, 0) is 9.53 Å². The lowest BCUT2D eigenvalue weighted by Crippen LogP contribution is -2.70. The molecule has 45 heavy (non-hydrogen) atoms. The summed E-state index contributed by atoms with van der Waals surface area (Å²) in [4.78, 5) is 14.5. The summed E-state index contributed by atoms with van der Waals surface area (Å²) in [7, 11) is 0. The van der Waals surface area contributed by atoms with Gasteiger partial charge in [-0.15, -0.1) is 0 Å². The van der Waals surface area contributed by atoms with Crippen LogP contribution < -0.4 is 5.32 Å². The number of rotatable bonds is 3. The third-order valence-electron chi connectivity index (χ3n) is 15.3. The summed E-state index contributed by atoms with van der Waals surface area (Å²) in [6.07, 6.45) is 1.21. The van der Waals surface area contributed by atoms with Crippen LogP contribution in [0.4, 0.5) is 0 Å². The second-order valence-electron chi connectivity index (χ2n) is 18.1. The van der Waals surface area contributed by atoms with Crippen LogP contribution in [0.1, 0.15) is 106 Å². The Morgan fingerprint density at radius 2 is 1.53 bits per heavy atom. The number of nitrogens with one attached hydrogen (secondary N) is 1. The first-order chi connectivity index (χ1) is 20.8. The van der Waals surface area contributed by atoms with E-state index in [4.69, 9.17) is 4.74 Å². The minimum atomic E-state index is -1.60. The molecule has 0 bridgehead atoms. The first-order valence-electron chi connectivity index (χ1n) is 17.5. The number of carbonyl (C=O) groups is 1. The predicted molar refractivity (Wildman–Crippen MR) is 168 cm³/mol. The maximum absolute atomic E-state index is 14.5. The van der Waals surface area contributed by atoms with Crippen molar-refractivity contribution in [1.82, 2.24) is 5.32 Å². The van der Waals surface area contributed by atoms with Crippen molar-refractivity contribution in [2.75, 3.05) is 6.61 Å². The third-order valence-corrected chi connectivity index (χ3v) is 15.3. The highest BCUT2D eigenvalue weighted by atomic mass is 16.6. The van der Waals surface area contributed by atoms with E-state index in [-0.39, 0.29) is 39.1 Å². The van der Waals surface area contributed by atoms with Gasteiger partial charge >= 0.3 is 0 Å². The van der Waals surface area contributed by atoms with Crippen LogP contribution in [0.25, 0.3) is 0 Å². The Morgan fingerprint density at radius 3 is 2.20 bits per heavy atom. The van der Waals surface area contributed by atoms with E-state index in [0.29, 0.717) is 24.7 Å². The van der Waals surface area contributed by atoms with Gasteiger partial charge in [0, 0.05) is 0 Å². The van der Waals surface area contributed by atoms with Crippen LogP contribution in [-0.4, -0.2) is 86.0 Å². The summed E-state index contributed by atoms with van der Waals surface area (Å²) in [6.45, 7) is 15.6. The van der Waals surface area contributed by atoms with E-state index < -0.39 is 54.7 Å². The molecule has 1 amide bonds. The number of hydrogen-bond donors (Lipinski definition) is 7. The number of aliphatic hydroxyl groups is 6. The molecular formula is C36H59NO8. The molecule has 0 aromatic heterocycles. The maximum atomic E-state index is 14.5. The fraction of sp³-hybridized carbons (Fsp3) is 0.917. The van der Waals surface area contributed by atoms with Crippen molar-refractivity contribution in [3.63, 3.8) is 0 Å². The van der Waals surface area contributed by atoms with E-state index in [1.54, 1.807) is 0 Å². The second kappa shape index (κ2) is 10.7. The van der Waals surface area contributed by atoms with E-state index in [1.165, 1.54) is 5.57 Å². The molecule has 0 radical (unpaired) electrons. The van der Waals surface area contributed by atoms with E-state index in [2.05, 4.69) is 59.9 Å². The molecule has 4 saturated carbocycles. The molecule has 7 N–H and O–H groups in total. The Hall–Kier alpha value is -1.07. The Kier molecular flexibility index (Phi) is 8.05. The van der Waals surface area contributed by atoms with Crippen molar-refractivity contribution >= 4 is 5.91 Å². The fourth-order valence-electron chi connectivity index (χ4n) is 12.2. The van der Waals surface area contributed by atoms with Crippen LogP contribution >= 0.6 is 0 Å². The summed E-state index contributed by atoms with van der Waals surface area (Å²) in [5.74, 6) is 0.181. The molecule has 256 valence electrons. The quantitative estimate of drug-likeness (QED) is 0.234. The zero-order chi connectivity index (χ0) is 33.1. The highest BCUT2D eigenvalue weighted by Gasteiger charge is 2.71. The van der Waals surface area contributed by atoms with Crippen molar-refractivity contribution in [1.29, 1.82) is 0 Å². The minimum Gasteiger partial charge on any atom is -0.394 e.